The average molecular weight is 420 g/mol. The number of nitrogens with one attached hydrogen (secondary N) is 2. The van der Waals surface area contributed by atoms with Crippen molar-refractivity contribution in [2.24, 2.45) is 0 Å². The average Bonchev–Trinajstić information content (AvgIpc) is 2.96. The maximum Gasteiger partial charge on any atom is 0.326 e. The Balaban J connectivity index is 1.35. The number of carbonyl (C=O) groups excluding carboxylic acids is 4. The largest absolute Gasteiger partial charge is 0.331 e. The van der Waals surface area contributed by atoms with E-state index in [1.165, 1.54) is 34.1 Å². The zero-order valence-electron chi connectivity index (χ0n) is 17.0. The van der Waals surface area contributed by atoms with Crippen molar-refractivity contribution in [3.63, 3.8) is 0 Å². The maximum atomic E-state index is 12.9. The zero-order valence-corrected chi connectivity index (χ0v) is 17.0. The van der Waals surface area contributed by atoms with Gasteiger partial charge in [0.25, 0.3) is 5.91 Å². The van der Waals surface area contributed by atoms with Crippen molar-refractivity contribution in [3.05, 3.63) is 30.1 Å². The quantitative estimate of drug-likeness (QED) is 0.563. The number of anilines is 1. The molecule has 0 bridgehead atoms. The molecule has 1 aromatic rings. The minimum absolute atomic E-state index is 0.00253. The smallest absolute Gasteiger partial charge is 0.326 e. The van der Waals surface area contributed by atoms with Crippen molar-refractivity contribution in [2.75, 3.05) is 58.2 Å². The van der Waals surface area contributed by atoms with Crippen LogP contribution in [-0.2, 0) is 14.4 Å². The van der Waals surface area contributed by atoms with Crippen LogP contribution >= 0.6 is 0 Å². The van der Waals surface area contributed by atoms with Crippen LogP contribution in [0.4, 0.5) is 14.9 Å². The van der Waals surface area contributed by atoms with Crippen LogP contribution in [0.5, 0.6) is 0 Å². The number of halogens is 1. The first-order valence-electron chi connectivity index (χ1n) is 10.1. The molecular weight excluding hydrogens is 393 g/mol. The van der Waals surface area contributed by atoms with Crippen LogP contribution in [0.3, 0.4) is 0 Å². The summed E-state index contributed by atoms with van der Waals surface area (Å²) in [5, 5.41) is 2.75. The molecule has 2 N–H and O–H groups in total. The first kappa shape index (κ1) is 21.7. The Morgan fingerprint density at radius 1 is 1.13 bits per heavy atom. The lowest BCUT2D eigenvalue weighted by Crippen LogP contribution is -3.15. The Hall–Kier alpha value is -3.01. The topological polar surface area (TPSA) is 94.5 Å². The summed E-state index contributed by atoms with van der Waals surface area (Å²) in [6, 6.07) is 5.30. The van der Waals surface area contributed by atoms with Crippen molar-refractivity contribution in [1.29, 1.82) is 0 Å². The molecule has 0 aliphatic carbocycles. The van der Waals surface area contributed by atoms with Gasteiger partial charge in [0.05, 0.1) is 26.2 Å². The van der Waals surface area contributed by atoms with Crippen LogP contribution in [0, 0.1) is 5.82 Å². The van der Waals surface area contributed by atoms with Gasteiger partial charge in [-0.3, -0.25) is 19.3 Å². The molecule has 2 aliphatic rings. The number of urea groups is 1. The van der Waals surface area contributed by atoms with E-state index in [0.29, 0.717) is 38.3 Å². The fraction of sp³-hybridized carbons (Fsp3) is 0.500. The van der Waals surface area contributed by atoms with Crippen molar-refractivity contribution in [1.82, 2.24) is 14.7 Å². The number of likely N-dealkylation sites (N-methyl/N-ethyl adjacent to an activating group) is 1. The number of rotatable bonds is 7. The van der Waals surface area contributed by atoms with Crippen LogP contribution in [-0.4, -0.2) is 91.3 Å². The normalized spacial score (nSPS) is 17.6. The number of piperazine rings is 1. The lowest BCUT2D eigenvalue weighted by molar-refractivity contribution is -0.895. The van der Waals surface area contributed by atoms with E-state index in [1.54, 1.807) is 11.9 Å². The highest BCUT2D eigenvalue weighted by Gasteiger charge is 2.33. The minimum Gasteiger partial charge on any atom is -0.331 e. The van der Waals surface area contributed by atoms with E-state index in [1.807, 2.05) is 0 Å². The van der Waals surface area contributed by atoms with Gasteiger partial charge in [-0.25, -0.2) is 9.18 Å². The number of benzene rings is 1. The lowest BCUT2D eigenvalue weighted by atomic mass is 10.2. The zero-order chi connectivity index (χ0) is 21.7. The standard InChI is InChI=1S/C20H26FN5O4/c1-23-14-19(29)26(20(23)30)8-2-3-18(28)25-11-9-24(10-12-25)13-17(27)22-16-6-4-15(21)5-7-16/h4-7H,2-3,8-14H2,1H3,(H,22,27)/p+1. The van der Waals surface area contributed by atoms with Gasteiger partial charge in [-0.15, -0.1) is 0 Å². The molecule has 5 amide bonds. The molecule has 1 aromatic carbocycles. The van der Waals surface area contributed by atoms with E-state index >= 15 is 0 Å². The van der Waals surface area contributed by atoms with Crippen LogP contribution in [0.2, 0.25) is 0 Å². The van der Waals surface area contributed by atoms with Crippen molar-refractivity contribution in [3.8, 4) is 0 Å². The van der Waals surface area contributed by atoms with Gasteiger partial charge >= 0.3 is 6.03 Å². The molecule has 30 heavy (non-hydrogen) atoms. The van der Waals surface area contributed by atoms with E-state index in [2.05, 4.69) is 5.32 Å². The number of hydrogen-bond donors (Lipinski definition) is 2. The summed E-state index contributed by atoms with van der Waals surface area (Å²) in [7, 11) is 1.58. The predicted octanol–water partition coefficient (Wildman–Crippen LogP) is -0.834. The molecule has 3 rings (SSSR count). The summed E-state index contributed by atoms with van der Waals surface area (Å²) in [6.07, 6.45) is 0.721. The number of quaternary nitrogens is 1. The Morgan fingerprint density at radius 3 is 2.40 bits per heavy atom. The predicted molar refractivity (Wildman–Crippen MR) is 106 cm³/mol. The first-order valence-corrected chi connectivity index (χ1v) is 10.1. The molecule has 162 valence electrons. The van der Waals surface area contributed by atoms with Gasteiger partial charge in [0.15, 0.2) is 6.54 Å². The molecule has 2 saturated heterocycles. The molecular formula is C20H27FN5O4+. The Morgan fingerprint density at radius 2 is 1.80 bits per heavy atom. The summed E-state index contributed by atoms with van der Waals surface area (Å²) in [4.78, 5) is 53.5. The molecule has 0 radical (unpaired) electrons. The molecule has 9 nitrogen and oxygen atoms in total. The molecule has 2 aliphatic heterocycles. The second kappa shape index (κ2) is 9.66. The summed E-state index contributed by atoms with van der Waals surface area (Å²) >= 11 is 0. The van der Waals surface area contributed by atoms with Gasteiger partial charge < -0.3 is 20.0 Å². The molecule has 2 fully saturated rings. The summed E-state index contributed by atoms with van der Waals surface area (Å²) < 4.78 is 12.9. The fourth-order valence-electron chi connectivity index (χ4n) is 3.65. The number of hydrogen-bond acceptors (Lipinski definition) is 4. The van der Waals surface area contributed by atoms with Crippen LogP contribution in [0.1, 0.15) is 12.8 Å². The number of imide groups is 1. The van der Waals surface area contributed by atoms with E-state index in [-0.39, 0.29) is 55.6 Å². The van der Waals surface area contributed by atoms with Gasteiger partial charge in [0.2, 0.25) is 11.8 Å². The van der Waals surface area contributed by atoms with E-state index < -0.39 is 0 Å². The molecule has 0 atom stereocenters. The molecule has 0 aromatic heterocycles. The summed E-state index contributed by atoms with van der Waals surface area (Å²) in [6.45, 7) is 3.07. The third kappa shape index (κ3) is 5.53. The van der Waals surface area contributed by atoms with E-state index in [9.17, 15) is 23.6 Å². The number of carbonyl (C=O) groups is 4. The summed E-state index contributed by atoms with van der Waals surface area (Å²) in [5.74, 6) is -0.741. The molecule has 0 spiro atoms. The Kier molecular flexibility index (Phi) is 6.99. The molecule has 0 unspecified atom stereocenters. The fourth-order valence-corrected chi connectivity index (χ4v) is 3.65. The molecule has 0 saturated carbocycles. The maximum absolute atomic E-state index is 12.9. The van der Waals surface area contributed by atoms with Gasteiger partial charge in [0.1, 0.15) is 12.4 Å². The second-order valence-electron chi connectivity index (χ2n) is 7.65. The third-order valence-corrected chi connectivity index (χ3v) is 5.37. The molecule has 10 heteroatoms. The first-order chi connectivity index (χ1) is 14.3. The van der Waals surface area contributed by atoms with Crippen molar-refractivity contribution < 1.29 is 28.5 Å². The lowest BCUT2D eigenvalue weighted by Gasteiger charge is -2.32. The summed E-state index contributed by atoms with van der Waals surface area (Å²) in [5.41, 5.74) is 0.552. The van der Waals surface area contributed by atoms with E-state index in [4.69, 9.17) is 0 Å². The SMILES string of the molecule is CN1CC(=O)N(CCCC(=O)N2CC[NH+](CC(=O)Nc3ccc(F)cc3)CC2)C1=O. The minimum atomic E-state index is -0.356. The van der Waals surface area contributed by atoms with Gasteiger partial charge in [0, 0.05) is 25.7 Å². The highest BCUT2D eigenvalue weighted by Crippen LogP contribution is 2.10. The van der Waals surface area contributed by atoms with Crippen molar-refractivity contribution in [2.45, 2.75) is 12.8 Å². The van der Waals surface area contributed by atoms with Crippen LogP contribution in [0.25, 0.3) is 0 Å². The van der Waals surface area contributed by atoms with Crippen LogP contribution < -0.4 is 10.2 Å². The Bertz CT molecular complexity index is 808. The Labute approximate surface area is 174 Å². The number of amides is 5. The monoisotopic (exact) mass is 420 g/mol. The van der Waals surface area contributed by atoms with E-state index in [0.717, 1.165) is 4.90 Å². The van der Waals surface area contributed by atoms with Gasteiger partial charge in [-0.2, -0.15) is 0 Å². The van der Waals surface area contributed by atoms with Crippen LogP contribution in [0.15, 0.2) is 24.3 Å². The number of nitrogens with zero attached hydrogens (tertiary/aromatic N) is 3. The highest BCUT2D eigenvalue weighted by molar-refractivity contribution is 6.01. The van der Waals surface area contributed by atoms with Crippen molar-refractivity contribution >= 4 is 29.4 Å². The van der Waals surface area contributed by atoms with Gasteiger partial charge in [-0.1, -0.05) is 0 Å². The third-order valence-electron chi connectivity index (χ3n) is 5.37. The second-order valence-corrected chi connectivity index (χ2v) is 7.65. The molecule has 2 heterocycles. The highest BCUT2D eigenvalue weighted by atomic mass is 19.1. The van der Waals surface area contributed by atoms with Gasteiger partial charge in [-0.05, 0) is 30.7 Å².